The quantitative estimate of drug-likeness (QED) is 0.644. The zero-order chi connectivity index (χ0) is 14.4. The van der Waals surface area contributed by atoms with Gasteiger partial charge in [-0.25, -0.2) is 4.39 Å². The van der Waals surface area contributed by atoms with Gasteiger partial charge in [0, 0.05) is 23.9 Å². The van der Waals surface area contributed by atoms with Gasteiger partial charge < -0.3 is 5.32 Å². The molecular weight excluding hydrogens is 271 g/mol. The monoisotopic (exact) mass is 286 g/mol. The molecule has 1 rings (SSSR count). The van der Waals surface area contributed by atoms with Crippen LogP contribution in [0.5, 0.6) is 0 Å². The van der Waals surface area contributed by atoms with Gasteiger partial charge in [-0.15, -0.1) is 0 Å². The summed E-state index contributed by atoms with van der Waals surface area (Å²) in [5.41, 5.74) is -0.602. The summed E-state index contributed by atoms with van der Waals surface area (Å²) in [6, 6.07) is 2.90. The van der Waals surface area contributed by atoms with E-state index in [0.717, 1.165) is 24.6 Å². The highest BCUT2D eigenvalue weighted by molar-refractivity contribution is 7.99. The van der Waals surface area contributed by atoms with Crippen molar-refractivity contribution in [3.8, 4) is 0 Å². The average molecular weight is 286 g/mol. The van der Waals surface area contributed by atoms with E-state index in [1.807, 2.05) is 13.2 Å². The predicted octanol–water partition coefficient (Wildman–Crippen LogP) is 2.61. The maximum atomic E-state index is 13.4. The van der Waals surface area contributed by atoms with E-state index < -0.39 is 16.6 Å². The maximum absolute atomic E-state index is 13.4. The Morgan fingerprint density at radius 1 is 1.58 bits per heavy atom. The molecule has 0 heterocycles. The molecule has 0 aliphatic heterocycles. The number of hydrogen-bond donors (Lipinski definition) is 1. The number of hydrogen-bond acceptors (Lipinski definition) is 4. The Bertz CT molecular complexity index is 482. The standard InChI is InChI=1S/C12H15FN2O3S/c1-8(19-2)5-6-14-12(16)10-7-9(15(17)18)3-4-11(10)13/h3-4,7-8H,5-6H2,1-2H3,(H,14,16). The number of nitrogens with one attached hydrogen (secondary N) is 1. The van der Waals surface area contributed by atoms with Crippen molar-refractivity contribution in [2.24, 2.45) is 0 Å². The Labute approximate surface area is 114 Å². The van der Waals surface area contributed by atoms with Crippen LogP contribution in [0.3, 0.4) is 0 Å². The molecule has 1 unspecified atom stereocenters. The molecule has 0 fully saturated rings. The van der Waals surface area contributed by atoms with Crippen LogP contribution in [0.25, 0.3) is 0 Å². The van der Waals surface area contributed by atoms with Gasteiger partial charge in [-0.3, -0.25) is 14.9 Å². The molecule has 0 saturated heterocycles. The molecule has 104 valence electrons. The molecule has 0 bridgehead atoms. The minimum atomic E-state index is -0.763. The number of nitrogens with zero attached hydrogens (tertiary/aromatic N) is 1. The lowest BCUT2D eigenvalue weighted by atomic mass is 10.1. The molecule has 0 saturated carbocycles. The van der Waals surface area contributed by atoms with Gasteiger partial charge in [0.2, 0.25) is 0 Å². The Morgan fingerprint density at radius 2 is 2.26 bits per heavy atom. The average Bonchev–Trinajstić information content (AvgIpc) is 2.38. The number of halogens is 1. The molecule has 7 heteroatoms. The van der Waals surface area contributed by atoms with Crippen LogP contribution in [-0.4, -0.2) is 28.9 Å². The van der Waals surface area contributed by atoms with Crippen LogP contribution in [0.4, 0.5) is 10.1 Å². The third kappa shape index (κ3) is 4.51. The van der Waals surface area contributed by atoms with Gasteiger partial charge in [0.05, 0.1) is 10.5 Å². The van der Waals surface area contributed by atoms with E-state index in [4.69, 9.17) is 0 Å². The molecule has 1 amide bonds. The summed E-state index contributed by atoms with van der Waals surface area (Å²) in [4.78, 5) is 21.6. The van der Waals surface area contributed by atoms with Crippen LogP contribution in [0, 0.1) is 15.9 Å². The molecule has 0 radical (unpaired) electrons. The first-order chi connectivity index (χ1) is 8.95. The van der Waals surface area contributed by atoms with Gasteiger partial charge in [0.1, 0.15) is 5.82 Å². The number of carbonyl (C=O) groups excluding carboxylic acids is 1. The van der Waals surface area contributed by atoms with Crippen LogP contribution in [0.2, 0.25) is 0 Å². The number of benzene rings is 1. The number of thioether (sulfide) groups is 1. The van der Waals surface area contributed by atoms with Crippen molar-refractivity contribution in [1.82, 2.24) is 5.32 Å². The Hall–Kier alpha value is -1.63. The van der Waals surface area contributed by atoms with Crippen molar-refractivity contribution in [2.45, 2.75) is 18.6 Å². The summed E-state index contributed by atoms with van der Waals surface area (Å²) < 4.78 is 13.4. The van der Waals surface area contributed by atoms with E-state index in [2.05, 4.69) is 5.32 Å². The second kappa shape index (κ2) is 7.08. The third-order valence-electron chi connectivity index (χ3n) is 2.64. The first-order valence-corrected chi connectivity index (χ1v) is 6.99. The number of amides is 1. The molecular formula is C12H15FN2O3S. The van der Waals surface area contributed by atoms with Crippen LogP contribution < -0.4 is 5.32 Å². The van der Waals surface area contributed by atoms with Crippen LogP contribution >= 0.6 is 11.8 Å². The third-order valence-corrected chi connectivity index (χ3v) is 3.68. The molecule has 0 aliphatic carbocycles. The van der Waals surface area contributed by atoms with Crippen LogP contribution in [0.15, 0.2) is 18.2 Å². The van der Waals surface area contributed by atoms with Gasteiger partial charge in [0.15, 0.2) is 0 Å². The molecule has 1 atom stereocenters. The highest BCUT2D eigenvalue weighted by Gasteiger charge is 2.16. The molecule has 0 aromatic heterocycles. The minimum Gasteiger partial charge on any atom is -0.352 e. The fourth-order valence-corrected chi connectivity index (χ4v) is 1.76. The first-order valence-electron chi connectivity index (χ1n) is 5.70. The molecule has 1 aromatic rings. The number of nitro benzene ring substituents is 1. The van der Waals surface area contributed by atoms with Gasteiger partial charge >= 0.3 is 0 Å². The summed E-state index contributed by atoms with van der Waals surface area (Å²) in [6.07, 6.45) is 2.72. The van der Waals surface area contributed by atoms with Gasteiger partial charge in [-0.1, -0.05) is 6.92 Å². The van der Waals surface area contributed by atoms with Crippen molar-refractivity contribution < 1.29 is 14.1 Å². The smallest absolute Gasteiger partial charge is 0.270 e. The molecule has 5 nitrogen and oxygen atoms in total. The first kappa shape index (κ1) is 15.4. The summed E-state index contributed by atoms with van der Waals surface area (Å²) in [6.45, 7) is 2.42. The largest absolute Gasteiger partial charge is 0.352 e. The van der Waals surface area contributed by atoms with Gasteiger partial charge in [0.25, 0.3) is 11.6 Å². The van der Waals surface area contributed by atoms with Crippen LogP contribution in [0.1, 0.15) is 23.7 Å². The van der Waals surface area contributed by atoms with E-state index >= 15 is 0 Å². The second-order valence-corrected chi connectivity index (χ2v) is 5.29. The maximum Gasteiger partial charge on any atom is 0.270 e. The molecule has 1 aromatic carbocycles. The van der Waals surface area contributed by atoms with E-state index in [-0.39, 0.29) is 11.3 Å². The lowest BCUT2D eigenvalue weighted by Gasteiger charge is -2.09. The number of rotatable bonds is 6. The highest BCUT2D eigenvalue weighted by atomic mass is 32.2. The summed E-state index contributed by atoms with van der Waals surface area (Å²) in [7, 11) is 0. The molecule has 0 aliphatic rings. The number of carbonyl (C=O) groups is 1. The van der Waals surface area contributed by atoms with Crippen LogP contribution in [-0.2, 0) is 0 Å². The summed E-state index contributed by atoms with van der Waals surface area (Å²) in [5.74, 6) is -1.39. The lowest BCUT2D eigenvalue weighted by molar-refractivity contribution is -0.384. The highest BCUT2D eigenvalue weighted by Crippen LogP contribution is 2.16. The predicted molar refractivity (Wildman–Crippen MR) is 73.0 cm³/mol. The topological polar surface area (TPSA) is 72.2 Å². The molecule has 1 N–H and O–H groups in total. The van der Waals surface area contributed by atoms with E-state index in [9.17, 15) is 19.3 Å². The minimum absolute atomic E-state index is 0.300. The van der Waals surface area contributed by atoms with Crippen molar-refractivity contribution in [2.75, 3.05) is 12.8 Å². The van der Waals surface area contributed by atoms with Gasteiger partial charge in [-0.05, 0) is 18.7 Å². The van der Waals surface area contributed by atoms with Gasteiger partial charge in [-0.2, -0.15) is 11.8 Å². The fourth-order valence-electron chi connectivity index (χ4n) is 1.40. The Morgan fingerprint density at radius 3 is 2.84 bits per heavy atom. The lowest BCUT2D eigenvalue weighted by Crippen LogP contribution is -2.26. The summed E-state index contributed by atoms with van der Waals surface area (Å²) in [5, 5.41) is 13.5. The SMILES string of the molecule is CSC(C)CCNC(=O)c1cc([N+](=O)[O-])ccc1F. The Balaban J connectivity index is 2.71. The van der Waals surface area contributed by atoms with Crippen molar-refractivity contribution in [1.29, 1.82) is 0 Å². The summed E-state index contributed by atoms with van der Waals surface area (Å²) >= 11 is 1.67. The zero-order valence-corrected chi connectivity index (χ0v) is 11.5. The molecule has 0 spiro atoms. The zero-order valence-electron chi connectivity index (χ0n) is 10.7. The van der Waals surface area contributed by atoms with E-state index in [1.54, 1.807) is 11.8 Å². The number of nitro groups is 1. The normalized spacial score (nSPS) is 11.9. The second-order valence-electron chi connectivity index (χ2n) is 4.01. The fraction of sp³-hybridized carbons (Fsp3) is 0.417. The van der Waals surface area contributed by atoms with Crippen molar-refractivity contribution >= 4 is 23.4 Å². The van der Waals surface area contributed by atoms with E-state index in [0.29, 0.717) is 11.8 Å². The van der Waals surface area contributed by atoms with E-state index in [1.165, 1.54) is 0 Å². The van der Waals surface area contributed by atoms with Crippen molar-refractivity contribution in [3.63, 3.8) is 0 Å². The molecule has 19 heavy (non-hydrogen) atoms. The van der Waals surface area contributed by atoms with Crippen molar-refractivity contribution in [3.05, 3.63) is 39.7 Å². The Kier molecular flexibility index (Phi) is 5.75. The number of non-ortho nitro benzene ring substituents is 1.